The molecule has 7 nitrogen and oxygen atoms in total. The van der Waals surface area contributed by atoms with E-state index in [1.54, 1.807) is 31.2 Å². The van der Waals surface area contributed by atoms with Crippen LogP contribution in [-0.4, -0.2) is 18.1 Å². The smallest absolute Gasteiger partial charge is 0.460 e. The number of allylic oxidation sites excluding steroid dienone is 2. The van der Waals surface area contributed by atoms with Gasteiger partial charge >= 0.3 is 13.7 Å². The molecule has 3 N–H and O–H groups in total. The Morgan fingerprint density at radius 2 is 2.00 bits per heavy atom. The predicted molar refractivity (Wildman–Crippen MR) is 132 cm³/mol. The van der Waals surface area contributed by atoms with E-state index in [4.69, 9.17) is 19.5 Å². The molecule has 4 rings (SSSR count). The quantitative estimate of drug-likeness (QED) is 0.383. The topological polar surface area (TPSA) is 99.9 Å². The number of rotatable bonds is 9. The zero-order valence-corrected chi connectivity index (χ0v) is 19.9. The van der Waals surface area contributed by atoms with Gasteiger partial charge in [0.15, 0.2) is 0 Å². The molecule has 2 aromatic carbocycles. The number of carbonyl (C=O) groups excluding carboxylic acids is 1. The van der Waals surface area contributed by atoms with E-state index < -0.39 is 25.9 Å². The third-order valence-corrected chi connectivity index (χ3v) is 7.22. The summed E-state index contributed by atoms with van der Waals surface area (Å²) >= 11 is 0. The number of nitrogens with one attached hydrogen (secondary N) is 1. The monoisotopic (exact) mass is 480 g/mol. The number of nitrogens with two attached hydrogens (primary N) is 1. The molecule has 0 saturated carbocycles. The zero-order valence-electron chi connectivity index (χ0n) is 19.1. The van der Waals surface area contributed by atoms with Crippen LogP contribution in [-0.2, 0) is 31.6 Å². The van der Waals surface area contributed by atoms with E-state index in [9.17, 15) is 9.36 Å². The van der Waals surface area contributed by atoms with Crippen LogP contribution in [0.4, 0.5) is 0 Å². The lowest BCUT2D eigenvalue weighted by Crippen LogP contribution is -2.36. The van der Waals surface area contributed by atoms with Crippen molar-refractivity contribution in [1.29, 1.82) is 0 Å². The van der Waals surface area contributed by atoms with Gasteiger partial charge in [0, 0.05) is 11.3 Å². The summed E-state index contributed by atoms with van der Waals surface area (Å²) in [5, 5.41) is 2.77. The van der Waals surface area contributed by atoms with Gasteiger partial charge < -0.3 is 15.0 Å². The highest BCUT2D eigenvalue weighted by molar-refractivity contribution is 7.52. The van der Waals surface area contributed by atoms with Gasteiger partial charge in [-0.05, 0) is 49.5 Å². The zero-order chi connectivity index (χ0) is 24.0. The van der Waals surface area contributed by atoms with Crippen molar-refractivity contribution in [3.8, 4) is 5.75 Å². The predicted octanol–water partition coefficient (Wildman–Crippen LogP) is 5.04. The maximum absolute atomic E-state index is 13.9. The maximum atomic E-state index is 13.9. The summed E-state index contributed by atoms with van der Waals surface area (Å²) in [6.45, 7) is 1.69. The fourth-order valence-corrected chi connectivity index (χ4v) is 5.41. The molecule has 2 aliphatic rings. The molecule has 3 atom stereocenters. The normalized spacial score (nSPS) is 19.4. The highest BCUT2D eigenvalue weighted by atomic mass is 31.2. The summed E-state index contributed by atoms with van der Waals surface area (Å²) in [6, 6.07) is 14.1. The molecule has 8 heteroatoms. The Balaban J connectivity index is 1.50. The van der Waals surface area contributed by atoms with Crippen LogP contribution in [0.5, 0.6) is 5.75 Å². The van der Waals surface area contributed by atoms with E-state index in [1.807, 2.05) is 48.5 Å². The third-order valence-electron chi connectivity index (χ3n) is 5.53. The SMILES string of the molecule is C[C@H](NP(=O)(Oc1cccc2c1C=CCC2)OC1C=CC(N)=CC1)C(=O)OCc1ccccc1. The van der Waals surface area contributed by atoms with E-state index in [2.05, 4.69) is 11.2 Å². The summed E-state index contributed by atoms with van der Waals surface area (Å²) in [5.41, 5.74) is 9.24. The summed E-state index contributed by atoms with van der Waals surface area (Å²) in [5.74, 6) is -0.126. The first-order valence-corrected chi connectivity index (χ1v) is 12.8. The minimum Gasteiger partial charge on any atom is -0.460 e. The molecule has 0 radical (unpaired) electrons. The lowest BCUT2D eigenvalue weighted by atomic mass is 9.97. The summed E-state index contributed by atoms with van der Waals surface area (Å²) in [6.07, 6.45) is 11.0. The van der Waals surface area contributed by atoms with Crippen LogP contribution in [0.2, 0.25) is 0 Å². The Hall–Kier alpha value is -3.12. The lowest BCUT2D eigenvalue weighted by molar-refractivity contribution is -0.146. The first kappa shape index (κ1) is 24.0. The van der Waals surface area contributed by atoms with Crippen molar-refractivity contribution < 1.29 is 23.1 Å². The molecular formula is C26H29N2O5P. The molecule has 0 aliphatic heterocycles. The fraction of sp³-hybridized carbons (Fsp3) is 0.269. The fourth-order valence-electron chi connectivity index (χ4n) is 3.74. The van der Waals surface area contributed by atoms with Gasteiger partial charge in [0.2, 0.25) is 0 Å². The molecule has 0 heterocycles. The van der Waals surface area contributed by atoms with E-state index >= 15 is 0 Å². The molecule has 0 aromatic heterocycles. The van der Waals surface area contributed by atoms with Gasteiger partial charge in [0.05, 0.1) is 6.10 Å². The van der Waals surface area contributed by atoms with Gasteiger partial charge in [0.25, 0.3) is 0 Å². The number of hydrogen-bond acceptors (Lipinski definition) is 6. The van der Waals surface area contributed by atoms with Crippen LogP contribution in [0.3, 0.4) is 0 Å². The van der Waals surface area contributed by atoms with Crippen molar-refractivity contribution >= 4 is 19.8 Å². The molecule has 0 bridgehead atoms. The van der Waals surface area contributed by atoms with Crippen LogP contribution in [0.25, 0.3) is 6.08 Å². The summed E-state index contributed by atoms with van der Waals surface area (Å²) in [7, 11) is -3.99. The average Bonchev–Trinajstić information content (AvgIpc) is 2.84. The van der Waals surface area contributed by atoms with E-state index in [0.717, 1.165) is 29.5 Å². The second-order valence-electron chi connectivity index (χ2n) is 8.25. The largest absolute Gasteiger partial charge is 0.460 e. The molecule has 0 spiro atoms. The van der Waals surface area contributed by atoms with E-state index in [-0.39, 0.29) is 6.61 Å². The van der Waals surface area contributed by atoms with Crippen molar-refractivity contribution in [1.82, 2.24) is 5.09 Å². The minimum absolute atomic E-state index is 0.115. The van der Waals surface area contributed by atoms with Crippen LogP contribution in [0.15, 0.2) is 78.5 Å². The van der Waals surface area contributed by atoms with Crippen molar-refractivity contribution in [3.05, 3.63) is 95.2 Å². The van der Waals surface area contributed by atoms with Gasteiger partial charge in [-0.25, -0.2) is 4.57 Å². The van der Waals surface area contributed by atoms with Crippen LogP contribution in [0, 0.1) is 0 Å². The maximum Gasteiger partial charge on any atom is 0.460 e. The van der Waals surface area contributed by atoms with Crippen LogP contribution < -0.4 is 15.3 Å². The Morgan fingerprint density at radius 3 is 2.76 bits per heavy atom. The Labute approximate surface area is 199 Å². The second kappa shape index (κ2) is 10.9. The van der Waals surface area contributed by atoms with Gasteiger partial charge in [-0.2, -0.15) is 5.09 Å². The minimum atomic E-state index is -3.99. The average molecular weight is 481 g/mol. The number of fused-ring (bicyclic) bond motifs is 1. The molecule has 0 fully saturated rings. The van der Waals surface area contributed by atoms with Gasteiger partial charge in [-0.15, -0.1) is 0 Å². The Morgan fingerprint density at radius 1 is 1.18 bits per heavy atom. The van der Waals surface area contributed by atoms with Crippen molar-refractivity contribution in [2.24, 2.45) is 5.73 Å². The van der Waals surface area contributed by atoms with Crippen molar-refractivity contribution in [3.63, 3.8) is 0 Å². The molecule has 2 aliphatic carbocycles. The molecule has 0 saturated heterocycles. The molecule has 0 amide bonds. The van der Waals surface area contributed by atoms with E-state index in [0.29, 0.717) is 17.9 Å². The highest BCUT2D eigenvalue weighted by Crippen LogP contribution is 2.48. The van der Waals surface area contributed by atoms with E-state index in [1.165, 1.54) is 0 Å². The van der Waals surface area contributed by atoms with Crippen LogP contribution in [0.1, 0.15) is 36.5 Å². The summed E-state index contributed by atoms with van der Waals surface area (Å²) in [4.78, 5) is 12.6. The number of aryl methyl sites for hydroxylation is 1. The molecule has 178 valence electrons. The number of benzene rings is 2. The molecule has 2 aromatic rings. The third kappa shape index (κ3) is 6.26. The second-order valence-corrected chi connectivity index (χ2v) is 9.89. The molecule has 2 unspecified atom stereocenters. The molecular weight excluding hydrogens is 451 g/mol. The highest BCUT2D eigenvalue weighted by Gasteiger charge is 2.35. The standard InChI is InChI=1S/C26H29N2O5P/c1-19(26(29)31-18-20-8-3-2-4-9-20)28-34(30,32-23-16-14-22(27)15-17-23)33-25-13-7-11-21-10-5-6-12-24(21)25/h2-4,6-9,11-16,19,23H,5,10,17-18,27H2,1H3,(H,28,30)/t19-,23?,34?/m0/s1. The van der Waals surface area contributed by atoms with Gasteiger partial charge in [-0.1, -0.05) is 66.8 Å². The number of esters is 1. The number of hydrogen-bond donors (Lipinski definition) is 2. The Bertz CT molecular complexity index is 1160. The van der Waals surface area contributed by atoms with Gasteiger partial charge in [0.1, 0.15) is 18.4 Å². The van der Waals surface area contributed by atoms with Crippen molar-refractivity contribution in [2.45, 2.75) is 44.9 Å². The number of ether oxygens (including phenoxy) is 1. The number of carbonyl (C=O) groups is 1. The van der Waals surface area contributed by atoms with Crippen LogP contribution >= 0.6 is 7.75 Å². The van der Waals surface area contributed by atoms with Gasteiger partial charge in [-0.3, -0.25) is 9.32 Å². The Kier molecular flexibility index (Phi) is 7.68. The van der Waals surface area contributed by atoms with Crippen molar-refractivity contribution in [2.75, 3.05) is 0 Å². The molecule has 34 heavy (non-hydrogen) atoms. The summed E-state index contributed by atoms with van der Waals surface area (Å²) < 4.78 is 31.2. The first-order chi connectivity index (χ1) is 16.4. The first-order valence-electron chi connectivity index (χ1n) is 11.3. The lowest BCUT2D eigenvalue weighted by Gasteiger charge is -2.27.